The predicted octanol–water partition coefficient (Wildman–Crippen LogP) is 2.36. The second-order valence-corrected chi connectivity index (χ2v) is 10.8. The van der Waals surface area contributed by atoms with Crippen molar-refractivity contribution in [3.63, 3.8) is 0 Å². The van der Waals surface area contributed by atoms with Crippen LogP contribution >= 0.6 is 12.4 Å². The van der Waals surface area contributed by atoms with Gasteiger partial charge in [-0.25, -0.2) is 9.78 Å². The van der Waals surface area contributed by atoms with Gasteiger partial charge in [0.15, 0.2) is 17.1 Å². The van der Waals surface area contributed by atoms with Gasteiger partial charge in [-0.3, -0.25) is 4.79 Å². The standard InChI is InChI=1S/C26H23N3O6.ClH/c1-2-26(32)15-4-17-21-13(6-29(17)22(30)14(15)7-33-23(26)31)20(24-8-25(27,9-24)10-24)12-3-18-19(35-11-34-18)5-16(12)28-21;/h3-5,32H,2,6-11,27H2,1H3;1H/t24?,25?,26-;/m0./s1. The van der Waals surface area contributed by atoms with Gasteiger partial charge < -0.3 is 29.6 Å². The summed E-state index contributed by atoms with van der Waals surface area (Å²) in [6.45, 7) is 2.11. The molecule has 186 valence electrons. The smallest absolute Gasteiger partial charge is 0.343 e. The molecule has 0 saturated heterocycles. The fourth-order valence-electron chi connectivity index (χ4n) is 7.21. The molecular weight excluding hydrogens is 486 g/mol. The molecule has 3 aliphatic heterocycles. The van der Waals surface area contributed by atoms with E-state index >= 15 is 0 Å². The van der Waals surface area contributed by atoms with E-state index in [1.165, 1.54) is 5.56 Å². The van der Waals surface area contributed by atoms with Crippen LogP contribution in [-0.4, -0.2) is 33.0 Å². The van der Waals surface area contributed by atoms with Crippen LogP contribution in [0.1, 0.15) is 54.9 Å². The Morgan fingerprint density at radius 2 is 1.81 bits per heavy atom. The highest BCUT2D eigenvalue weighted by molar-refractivity contribution is 5.93. The Balaban J connectivity index is 0.00000220. The minimum Gasteiger partial charge on any atom is -0.458 e. The van der Waals surface area contributed by atoms with Crippen LogP contribution < -0.4 is 20.8 Å². The topological polar surface area (TPSA) is 126 Å². The number of nitrogens with zero attached hydrogens (tertiary/aromatic N) is 2. The average Bonchev–Trinajstić information content (AvgIpc) is 3.41. The number of carbonyl (C=O) groups excluding carboxylic acids is 1. The van der Waals surface area contributed by atoms with E-state index in [2.05, 4.69) is 0 Å². The van der Waals surface area contributed by atoms with Gasteiger partial charge in [0.25, 0.3) is 5.56 Å². The third kappa shape index (κ3) is 2.41. The zero-order valence-corrected chi connectivity index (χ0v) is 20.4. The summed E-state index contributed by atoms with van der Waals surface area (Å²) in [5.41, 5.74) is 9.12. The maximum atomic E-state index is 13.6. The highest BCUT2D eigenvalue weighted by atomic mass is 35.5. The van der Waals surface area contributed by atoms with Crippen LogP contribution in [0.2, 0.25) is 0 Å². The number of halogens is 1. The Labute approximate surface area is 211 Å². The number of fused-ring (bicyclic) bond motifs is 6. The first-order valence-electron chi connectivity index (χ1n) is 12.0. The summed E-state index contributed by atoms with van der Waals surface area (Å²) in [5, 5.41) is 12.2. The lowest BCUT2D eigenvalue weighted by molar-refractivity contribution is -0.172. The molecule has 0 amide bonds. The SMILES string of the molecule is CC[C@@]1(O)C(=O)OCc2c1cc1n(c2=O)Cc2c-1nc1cc3c(cc1c2C12CC(N)(C1)C2)OCO3.Cl. The van der Waals surface area contributed by atoms with Gasteiger partial charge in [0, 0.05) is 33.5 Å². The zero-order valence-electron chi connectivity index (χ0n) is 19.6. The summed E-state index contributed by atoms with van der Waals surface area (Å²) >= 11 is 0. The zero-order chi connectivity index (χ0) is 23.9. The molecule has 3 aliphatic carbocycles. The molecule has 36 heavy (non-hydrogen) atoms. The van der Waals surface area contributed by atoms with Crippen molar-refractivity contribution < 1.29 is 24.1 Å². The lowest BCUT2D eigenvalue weighted by atomic mass is 9.37. The molecule has 0 unspecified atom stereocenters. The molecule has 5 heterocycles. The number of aliphatic hydroxyl groups is 1. The molecule has 9 nitrogen and oxygen atoms in total. The molecule has 3 aromatic rings. The van der Waals surface area contributed by atoms with E-state index in [9.17, 15) is 14.7 Å². The lowest BCUT2D eigenvalue weighted by Crippen LogP contribution is -2.74. The molecule has 3 saturated carbocycles. The Kier molecular flexibility index (Phi) is 4.04. The molecule has 9 rings (SSSR count). The number of rotatable bonds is 2. The van der Waals surface area contributed by atoms with Crippen molar-refractivity contribution in [2.75, 3.05) is 6.79 Å². The van der Waals surface area contributed by atoms with Gasteiger partial charge in [0.05, 0.1) is 29.0 Å². The molecule has 1 aromatic carbocycles. The summed E-state index contributed by atoms with van der Waals surface area (Å²) in [5.74, 6) is 0.617. The number of cyclic esters (lactones) is 1. The molecule has 0 radical (unpaired) electrons. The van der Waals surface area contributed by atoms with E-state index in [1.807, 2.05) is 12.1 Å². The molecule has 2 bridgehead atoms. The predicted molar refractivity (Wildman–Crippen MR) is 130 cm³/mol. The van der Waals surface area contributed by atoms with Crippen LogP contribution in [0.15, 0.2) is 23.0 Å². The minimum atomic E-state index is -1.85. The number of benzene rings is 1. The molecule has 0 spiro atoms. The Morgan fingerprint density at radius 3 is 2.50 bits per heavy atom. The molecule has 10 heteroatoms. The Hall–Kier alpha value is -3.14. The van der Waals surface area contributed by atoms with Crippen LogP contribution in [0.4, 0.5) is 0 Å². The van der Waals surface area contributed by atoms with E-state index in [0.717, 1.165) is 35.7 Å². The monoisotopic (exact) mass is 509 g/mol. The van der Waals surface area contributed by atoms with Crippen molar-refractivity contribution in [3.05, 3.63) is 50.8 Å². The largest absolute Gasteiger partial charge is 0.458 e. The summed E-state index contributed by atoms with van der Waals surface area (Å²) in [6, 6.07) is 5.65. The number of pyridine rings is 2. The molecule has 6 aliphatic rings. The number of carbonyl (C=O) groups is 1. The normalized spacial score (nSPS) is 29.9. The van der Waals surface area contributed by atoms with Crippen LogP contribution in [0, 0.1) is 0 Å². The fourth-order valence-corrected chi connectivity index (χ4v) is 7.21. The second-order valence-electron chi connectivity index (χ2n) is 10.8. The quantitative estimate of drug-likeness (QED) is 0.394. The number of hydrogen-bond donors (Lipinski definition) is 2. The Morgan fingerprint density at radius 1 is 1.08 bits per heavy atom. The van der Waals surface area contributed by atoms with Crippen molar-refractivity contribution in [2.24, 2.45) is 5.73 Å². The molecule has 2 aromatic heterocycles. The number of esters is 1. The van der Waals surface area contributed by atoms with Gasteiger partial charge in [0.2, 0.25) is 6.79 Å². The summed E-state index contributed by atoms with van der Waals surface area (Å²) < 4.78 is 18.2. The van der Waals surface area contributed by atoms with Crippen molar-refractivity contribution in [1.82, 2.24) is 9.55 Å². The summed E-state index contributed by atoms with van der Waals surface area (Å²) in [4.78, 5) is 31.1. The van der Waals surface area contributed by atoms with Gasteiger partial charge in [-0.05, 0) is 43.4 Å². The van der Waals surface area contributed by atoms with Crippen molar-refractivity contribution in [2.45, 2.75) is 62.3 Å². The molecule has 3 fully saturated rings. The molecule has 1 atom stereocenters. The van der Waals surface area contributed by atoms with Gasteiger partial charge in [-0.15, -0.1) is 12.4 Å². The third-order valence-corrected chi connectivity index (χ3v) is 8.78. The van der Waals surface area contributed by atoms with Gasteiger partial charge >= 0.3 is 5.97 Å². The average molecular weight is 510 g/mol. The lowest BCUT2D eigenvalue weighted by Gasteiger charge is -2.69. The summed E-state index contributed by atoms with van der Waals surface area (Å²) in [6.07, 6.45) is 2.81. The van der Waals surface area contributed by atoms with E-state index < -0.39 is 11.6 Å². The highest BCUT2D eigenvalue weighted by Crippen LogP contribution is 2.68. The van der Waals surface area contributed by atoms with E-state index in [0.29, 0.717) is 40.6 Å². The van der Waals surface area contributed by atoms with Crippen LogP contribution in [0.25, 0.3) is 22.3 Å². The number of ether oxygens (including phenoxy) is 3. The maximum absolute atomic E-state index is 13.6. The first-order valence-corrected chi connectivity index (χ1v) is 12.0. The van der Waals surface area contributed by atoms with E-state index in [4.69, 9.17) is 24.9 Å². The minimum absolute atomic E-state index is 0. The molecule has 3 N–H and O–H groups in total. The fraction of sp³-hybridized carbons (Fsp3) is 0.423. The maximum Gasteiger partial charge on any atom is 0.343 e. The van der Waals surface area contributed by atoms with Crippen LogP contribution in [0.3, 0.4) is 0 Å². The van der Waals surface area contributed by atoms with Crippen molar-refractivity contribution >= 4 is 29.3 Å². The first-order chi connectivity index (χ1) is 16.8. The van der Waals surface area contributed by atoms with E-state index in [-0.39, 0.29) is 48.7 Å². The van der Waals surface area contributed by atoms with Crippen LogP contribution in [-0.2, 0) is 33.7 Å². The summed E-state index contributed by atoms with van der Waals surface area (Å²) in [7, 11) is 0. The van der Waals surface area contributed by atoms with Gasteiger partial charge in [0.1, 0.15) is 6.61 Å². The number of aromatic nitrogens is 2. The third-order valence-electron chi connectivity index (χ3n) is 8.78. The van der Waals surface area contributed by atoms with Crippen molar-refractivity contribution in [3.8, 4) is 22.9 Å². The van der Waals surface area contributed by atoms with Gasteiger partial charge in [-0.2, -0.15) is 0 Å². The Bertz CT molecular complexity index is 1590. The first kappa shape index (κ1) is 22.1. The van der Waals surface area contributed by atoms with Crippen LogP contribution in [0.5, 0.6) is 11.5 Å². The second kappa shape index (κ2) is 6.59. The van der Waals surface area contributed by atoms with Gasteiger partial charge in [-0.1, -0.05) is 6.92 Å². The number of hydrogen-bond acceptors (Lipinski definition) is 8. The number of nitrogens with two attached hydrogens (primary N) is 1. The van der Waals surface area contributed by atoms with E-state index in [1.54, 1.807) is 17.6 Å². The highest BCUT2D eigenvalue weighted by Gasteiger charge is 2.67. The van der Waals surface area contributed by atoms with Crippen molar-refractivity contribution in [1.29, 1.82) is 0 Å². The molecular formula is C26H24ClN3O6.